The number of unbranched alkanes of at least 4 members (excludes halogenated alkanes) is 2. The molecule has 1 nitrogen and oxygen atoms in total. The van der Waals surface area contributed by atoms with Crippen LogP contribution in [0.2, 0.25) is 13.1 Å². The molecule has 0 saturated carbocycles. The summed E-state index contributed by atoms with van der Waals surface area (Å²) in [4.78, 5) is 4.48. The molecular weight excluding hydrogens is 306 g/mol. The highest BCUT2D eigenvalue weighted by atomic mass is 28.3. The van der Waals surface area contributed by atoms with Gasteiger partial charge in [-0.25, -0.2) is 0 Å². The van der Waals surface area contributed by atoms with Crippen LogP contribution in [0.4, 0.5) is 0 Å². The van der Waals surface area contributed by atoms with Crippen LogP contribution < -0.4 is 5.19 Å². The van der Waals surface area contributed by atoms with Gasteiger partial charge < -0.3 is 0 Å². The van der Waals surface area contributed by atoms with E-state index in [9.17, 15) is 0 Å². The fourth-order valence-electron chi connectivity index (χ4n) is 2.46. The van der Waals surface area contributed by atoms with Crippen molar-refractivity contribution in [1.29, 1.82) is 0 Å². The highest BCUT2D eigenvalue weighted by molar-refractivity contribution is 6.93. The van der Waals surface area contributed by atoms with Gasteiger partial charge in [-0.15, -0.1) is 5.73 Å². The molecule has 2 rings (SSSR count). The minimum atomic E-state index is -1.49. The zero-order valence-electron chi connectivity index (χ0n) is 14.8. The van der Waals surface area contributed by atoms with E-state index in [1.807, 2.05) is 12.3 Å². The lowest BCUT2D eigenvalue weighted by atomic mass is 10.2. The first-order valence-corrected chi connectivity index (χ1v) is 11.8. The van der Waals surface area contributed by atoms with Crippen molar-refractivity contribution in [1.82, 2.24) is 0 Å². The zero-order chi connectivity index (χ0) is 17.1. The molecule has 0 amide bonds. The van der Waals surface area contributed by atoms with Crippen molar-refractivity contribution in [2.75, 3.05) is 0 Å². The number of nitrogens with zero attached hydrogens (tertiary/aromatic N) is 1. The Hall–Kier alpha value is -2.15. The molecule has 0 fully saturated rings. The van der Waals surface area contributed by atoms with E-state index in [2.05, 4.69) is 90.2 Å². The SMILES string of the molecule is C[Si](C)(C=C=CCCCC=NCc1ccccc1)c1ccccc1. The van der Waals surface area contributed by atoms with E-state index < -0.39 is 8.07 Å². The van der Waals surface area contributed by atoms with Crippen molar-refractivity contribution in [2.24, 2.45) is 4.99 Å². The van der Waals surface area contributed by atoms with Gasteiger partial charge in [0.05, 0.1) is 6.54 Å². The summed E-state index contributed by atoms with van der Waals surface area (Å²) in [5, 5.41) is 1.46. The minimum Gasteiger partial charge on any atom is -0.293 e. The van der Waals surface area contributed by atoms with Crippen molar-refractivity contribution in [2.45, 2.75) is 38.9 Å². The Labute approximate surface area is 147 Å². The predicted molar refractivity (Wildman–Crippen MR) is 109 cm³/mol. The molecular formula is C22H27NSi. The number of hydrogen-bond donors (Lipinski definition) is 0. The predicted octanol–water partition coefficient (Wildman–Crippen LogP) is 5.29. The molecule has 0 saturated heterocycles. The van der Waals surface area contributed by atoms with Gasteiger partial charge in [-0.3, -0.25) is 4.99 Å². The van der Waals surface area contributed by atoms with Gasteiger partial charge in [-0.2, -0.15) is 0 Å². The van der Waals surface area contributed by atoms with Gasteiger partial charge in [0.25, 0.3) is 0 Å². The van der Waals surface area contributed by atoms with Gasteiger partial charge in [0.15, 0.2) is 0 Å². The molecule has 2 aromatic carbocycles. The van der Waals surface area contributed by atoms with E-state index in [4.69, 9.17) is 0 Å². The number of hydrogen-bond acceptors (Lipinski definition) is 1. The Morgan fingerprint density at radius 1 is 0.917 bits per heavy atom. The first-order chi connectivity index (χ1) is 11.7. The van der Waals surface area contributed by atoms with Crippen LogP contribution in [0.5, 0.6) is 0 Å². The molecule has 24 heavy (non-hydrogen) atoms. The molecule has 0 aromatic heterocycles. The largest absolute Gasteiger partial charge is 0.293 e. The van der Waals surface area contributed by atoms with Crippen LogP contribution in [0.3, 0.4) is 0 Å². The maximum Gasteiger partial charge on any atom is 0.112 e. The zero-order valence-corrected chi connectivity index (χ0v) is 15.8. The summed E-state index contributed by atoms with van der Waals surface area (Å²) in [6, 6.07) is 21.2. The molecule has 0 bridgehead atoms. The number of allylic oxidation sites excluding steroid dienone is 1. The van der Waals surface area contributed by atoms with Gasteiger partial charge in [0, 0.05) is 0 Å². The Morgan fingerprint density at radius 3 is 2.29 bits per heavy atom. The van der Waals surface area contributed by atoms with E-state index in [1.165, 1.54) is 10.8 Å². The summed E-state index contributed by atoms with van der Waals surface area (Å²) in [7, 11) is -1.49. The monoisotopic (exact) mass is 333 g/mol. The summed E-state index contributed by atoms with van der Waals surface area (Å²) in [6.07, 6.45) is 7.44. The van der Waals surface area contributed by atoms with Crippen LogP contribution in [-0.4, -0.2) is 14.3 Å². The van der Waals surface area contributed by atoms with Crippen molar-refractivity contribution in [3.05, 3.63) is 83.7 Å². The highest BCUT2D eigenvalue weighted by Crippen LogP contribution is 2.05. The molecule has 2 aromatic rings. The number of rotatable bonds is 8. The first kappa shape index (κ1) is 18.2. The summed E-state index contributed by atoms with van der Waals surface area (Å²) >= 11 is 0. The summed E-state index contributed by atoms with van der Waals surface area (Å²) in [6.45, 7) is 5.51. The van der Waals surface area contributed by atoms with Crippen LogP contribution in [0, 0.1) is 0 Å². The van der Waals surface area contributed by atoms with Crippen LogP contribution in [0.15, 0.2) is 83.2 Å². The van der Waals surface area contributed by atoms with Crippen LogP contribution in [0.1, 0.15) is 24.8 Å². The summed E-state index contributed by atoms with van der Waals surface area (Å²) in [5.41, 5.74) is 6.97. The molecule has 0 N–H and O–H groups in total. The minimum absolute atomic E-state index is 0.785. The fourth-order valence-corrected chi connectivity index (χ4v) is 4.21. The lowest BCUT2D eigenvalue weighted by molar-refractivity contribution is 0.897. The Kier molecular flexibility index (Phi) is 7.48. The second kappa shape index (κ2) is 9.87. The third kappa shape index (κ3) is 6.53. The Balaban J connectivity index is 1.69. The molecule has 124 valence electrons. The van der Waals surface area contributed by atoms with Gasteiger partial charge >= 0.3 is 0 Å². The van der Waals surface area contributed by atoms with Gasteiger partial charge in [-0.05, 0) is 42.8 Å². The molecule has 0 unspecified atom stereocenters. The van der Waals surface area contributed by atoms with Crippen LogP contribution in [0.25, 0.3) is 0 Å². The molecule has 0 heterocycles. The van der Waals surface area contributed by atoms with Gasteiger partial charge in [-0.1, -0.05) is 78.9 Å². The standard InChI is InChI=1S/C22H27NSi/c1-24(2,22-16-10-7-11-17-22)19-13-5-3-4-12-18-23-20-21-14-8-6-9-15-21/h5-11,14-19H,3-4,12,20H2,1-2H3. The fraction of sp³-hybridized carbons (Fsp3) is 0.273. The van der Waals surface area contributed by atoms with E-state index in [0.717, 1.165) is 25.8 Å². The topological polar surface area (TPSA) is 12.4 Å². The van der Waals surface area contributed by atoms with Crippen molar-refractivity contribution in [3.8, 4) is 0 Å². The Bertz CT molecular complexity index is 680. The quantitative estimate of drug-likeness (QED) is 0.269. The lowest BCUT2D eigenvalue weighted by Gasteiger charge is -2.16. The number of aliphatic imine (C=N–C) groups is 1. The molecule has 2 heteroatoms. The van der Waals surface area contributed by atoms with E-state index in [1.54, 1.807) is 0 Å². The van der Waals surface area contributed by atoms with Crippen molar-refractivity contribution < 1.29 is 0 Å². The Morgan fingerprint density at radius 2 is 1.58 bits per heavy atom. The first-order valence-electron chi connectivity index (χ1n) is 8.68. The molecule has 0 aliphatic carbocycles. The van der Waals surface area contributed by atoms with E-state index in [-0.39, 0.29) is 0 Å². The average Bonchev–Trinajstić information content (AvgIpc) is 2.62. The van der Waals surface area contributed by atoms with Crippen LogP contribution in [-0.2, 0) is 6.54 Å². The smallest absolute Gasteiger partial charge is 0.112 e. The van der Waals surface area contributed by atoms with E-state index >= 15 is 0 Å². The maximum atomic E-state index is 4.48. The van der Waals surface area contributed by atoms with Gasteiger partial charge in [0.1, 0.15) is 8.07 Å². The molecule has 0 radical (unpaired) electrons. The molecule has 0 aliphatic rings. The van der Waals surface area contributed by atoms with E-state index in [0.29, 0.717) is 0 Å². The molecule has 0 spiro atoms. The molecule has 0 aliphatic heterocycles. The average molecular weight is 334 g/mol. The highest BCUT2D eigenvalue weighted by Gasteiger charge is 2.18. The van der Waals surface area contributed by atoms with Gasteiger partial charge in [0.2, 0.25) is 0 Å². The maximum absolute atomic E-state index is 4.48. The van der Waals surface area contributed by atoms with Crippen molar-refractivity contribution >= 4 is 19.5 Å². The lowest BCUT2D eigenvalue weighted by Crippen LogP contribution is -2.39. The normalized spacial score (nSPS) is 11.2. The molecule has 0 atom stereocenters. The van der Waals surface area contributed by atoms with Crippen LogP contribution >= 0.6 is 0 Å². The van der Waals surface area contributed by atoms with Crippen molar-refractivity contribution in [3.63, 3.8) is 0 Å². The third-order valence-corrected chi connectivity index (χ3v) is 6.72. The number of benzene rings is 2. The summed E-state index contributed by atoms with van der Waals surface area (Å²) in [5.74, 6) is 0. The third-order valence-electron chi connectivity index (χ3n) is 4.01. The second-order valence-electron chi connectivity index (χ2n) is 6.54. The second-order valence-corrected chi connectivity index (χ2v) is 10.9. The summed E-state index contributed by atoms with van der Waals surface area (Å²) < 4.78 is 0.